The van der Waals surface area contributed by atoms with Gasteiger partial charge in [0, 0.05) is 0 Å². The number of sulfonamides is 1. The maximum Gasteiger partial charge on any atom is 0.417 e. The molecule has 0 aliphatic rings. The van der Waals surface area contributed by atoms with E-state index in [1.807, 2.05) is 4.72 Å². The van der Waals surface area contributed by atoms with Crippen molar-refractivity contribution in [3.8, 4) is 6.07 Å². The van der Waals surface area contributed by atoms with E-state index in [1.54, 1.807) is 13.0 Å². The van der Waals surface area contributed by atoms with Crippen LogP contribution in [0.15, 0.2) is 29.2 Å². The highest BCUT2D eigenvalue weighted by Crippen LogP contribution is 2.34. The highest BCUT2D eigenvalue weighted by Gasteiger charge is 2.38. The number of hydrogen-bond donors (Lipinski definition) is 1. The molecule has 110 valence electrons. The Bertz CT molecular complexity index is 635. The summed E-state index contributed by atoms with van der Waals surface area (Å²) < 4.78 is 64.6. The molecular weight excluding hydrogens is 293 g/mol. The SMILES string of the molecule is CCC(C)(C#N)NS(=O)(=O)c1ccccc1C(F)(F)F. The van der Waals surface area contributed by atoms with Crippen molar-refractivity contribution in [3.05, 3.63) is 29.8 Å². The first-order valence-electron chi connectivity index (χ1n) is 5.67. The quantitative estimate of drug-likeness (QED) is 0.929. The molecule has 0 aliphatic carbocycles. The summed E-state index contributed by atoms with van der Waals surface area (Å²) in [7, 11) is -4.45. The lowest BCUT2D eigenvalue weighted by molar-refractivity contribution is -0.139. The topological polar surface area (TPSA) is 70.0 Å². The summed E-state index contributed by atoms with van der Waals surface area (Å²) in [5.41, 5.74) is -2.72. The molecule has 1 N–H and O–H groups in total. The molecule has 0 radical (unpaired) electrons. The number of nitrogens with one attached hydrogen (secondary N) is 1. The van der Waals surface area contributed by atoms with Crippen molar-refractivity contribution < 1.29 is 21.6 Å². The average Bonchev–Trinajstić information content (AvgIpc) is 2.37. The number of benzene rings is 1. The molecule has 20 heavy (non-hydrogen) atoms. The Morgan fingerprint density at radius 3 is 2.30 bits per heavy atom. The second kappa shape index (κ2) is 5.42. The van der Waals surface area contributed by atoms with Crippen LogP contribution in [0, 0.1) is 11.3 Å². The molecule has 1 aromatic rings. The Kier molecular flexibility index (Phi) is 4.46. The summed E-state index contributed by atoms with van der Waals surface area (Å²) in [6, 6.07) is 5.58. The highest BCUT2D eigenvalue weighted by atomic mass is 32.2. The lowest BCUT2D eigenvalue weighted by Gasteiger charge is -2.22. The third kappa shape index (κ3) is 3.49. The lowest BCUT2D eigenvalue weighted by atomic mass is 10.0. The van der Waals surface area contributed by atoms with Gasteiger partial charge in [0.1, 0.15) is 5.54 Å². The van der Waals surface area contributed by atoms with Crippen LogP contribution < -0.4 is 4.72 Å². The minimum absolute atomic E-state index is 0.122. The van der Waals surface area contributed by atoms with Crippen LogP contribution in [0.3, 0.4) is 0 Å². The van der Waals surface area contributed by atoms with E-state index in [9.17, 15) is 21.6 Å². The van der Waals surface area contributed by atoms with Crippen molar-refractivity contribution in [1.82, 2.24) is 4.72 Å². The van der Waals surface area contributed by atoms with Gasteiger partial charge in [0.15, 0.2) is 0 Å². The van der Waals surface area contributed by atoms with Gasteiger partial charge in [-0.2, -0.15) is 23.2 Å². The molecule has 1 aromatic carbocycles. The number of hydrogen-bond acceptors (Lipinski definition) is 3. The number of nitrogens with zero attached hydrogens (tertiary/aromatic N) is 1. The molecular formula is C12H13F3N2O2S. The average molecular weight is 306 g/mol. The lowest BCUT2D eigenvalue weighted by Crippen LogP contribution is -2.44. The first-order chi connectivity index (χ1) is 9.06. The van der Waals surface area contributed by atoms with Crippen LogP contribution >= 0.6 is 0 Å². The molecule has 4 nitrogen and oxygen atoms in total. The summed E-state index contributed by atoms with van der Waals surface area (Å²) in [5, 5.41) is 8.93. The van der Waals surface area contributed by atoms with E-state index >= 15 is 0 Å². The van der Waals surface area contributed by atoms with Gasteiger partial charge in [-0.3, -0.25) is 0 Å². The molecule has 1 unspecified atom stereocenters. The van der Waals surface area contributed by atoms with Gasteiger partial charge in [0.2, 0.25) is 10.0 Å². The standard InChI is InChI=1S/C12H13F3N2O2S/c1-3-11(2,8-16)17-20(18,19)10-7-5-4-6-9(10)12(13,14)15/h4-7,17H,3H2,1-2H3. The van der Waals surface area contributed by atoms with Crippen molar-refractivity contribution >= 4 is 10.0 Å². The molecule has 0 aliphatic heterocycles. The van der Waals surface area contributed by atoms with Crippen LogP contribution in [0.1, 0.15) is 25.8 Å². The van der Waals surface area contributed by atoms with Crippen LogP contribution in [0.25, 0.3) is 0 Å². The first-order valence-corrected chi connectivity index (χ1v) is 7.15. The fourth-order valence-electron chi connectivity index (χ4n) is 1.46. The molecule has 8 heteroatoms. The van der Waals surface area contributed by atoms with E-state index in [0.29, 0.717) is 6.07 Å². The number of halogens is 3. The van der Waals surface area contributed by atoms with Gasteiger partial charge in [0.05, 0.1) is 16.5 Å². The third-order valence-corrected chi connectivity index (χ3v) is 4.45. The second-order valence-corrected chi connectivity index (χ2v) is 6.05. The maximum absolute atomic E-state index is 12.8. The molecule has 0 saturated carbocycles. The van der Waals surface area contributed by atoms with Crippen molar-refractivity contribution in [2.24, 2.45) is 0 Å². The molecule has 0 saturated heterocycles. The molecule has 0 fully saturated rings. The van der Waals surface area contributed by atoms with E-state index in [2.05, 4.69) is 0 Å². The zero-order valence-electron chi connectivity index (χ0n) is 10.8. The molecule has 1 rings (SSSR count). The first kappa shape index (κ1) is 16.5. The van der Waals surface area contributed by atoms with Gasteiger partial charge in [-0.15, -0.1) is 0 Å². The van der Waals surface area contributed by atoms with Gasteiger partial charge >= 0.3 is 6.18 Å². The van der Waals surface area contributed by atoms with Crippen LogP contribution in [0.4, 0.5) is 13.2 Å². The summed E-state index contributed by atoms with van der Waals surface area (Å²) in [5.74, 6) is 0. The zero-order chi connectivity index (χ0) is 15.6. The fourth-order valence-corrected chi connectivity index (χ4v) is 3.08. The van der Waals surface area contributed by atoms with E-state index in [-0.39, 0.29) is 6.42 Å². The smallest absolute Gasteiger partial charge is 0.207 e. The Balaban J connectivity index is 3.36. The van der Waals surface area contributed by atoms with Crippen molar-refractivity contribution in [3.63, 3.8) is 0 Å². The van der Waals surface area contributed by atoms with Gasteiger partial charge in [-0.1, -0.05) is 19.1 Å². The van der Waals surface area contributed by atoms with Crippen LogP contribution in [-0.2, 0) is 16.2 Å². The van der Waals surface area contributed by atoms with Gasteiger partial charge in [-0.25, -0.2) is 8.42 Å². The Morgan fingerprint density at radius 1 is 1.30 bits per heavy atom. The second-order valence-electron chi connectivity index (χ2n) is 4.40. The number of rotatable bonds is 4. The molecule has 0 aromatic heterocycles. The van der Waals surface area contributed by atoms with E-state index in [0.717, 1.165) is 12.1 Å². The summed E-state index contributed by atoms with van der Waals surface area (Å²) in [4.78, 5) is -0.887. The van der Waals surface area contributed by atoms with Crippen LogP contribution in [-0.4, -0.2) is 14.0 Å². The Labute approximate surface area is 115 Å². The Morgan fingerprint density at radius 2 is 1.85 bits per heavy atom. The van der Waals surface area contributed by atoms with Gasteiger partial charge in [0.25, 0.3) is 0 Å². The monoisotopic (exact) mass is 306 g/mol. The highest BCUT2D eigenvalue weighted by molar-refractivity contribution is 7.89. The zero-order valence-corrected chi connectivity index (χ0v) is 11.6. The fraction of sp³-hybridized carbons (Fsp3) is 0.417. The van der Waals surface area contributed by atoms with Crippen LogP contribution in [0.5, 0.6) is 0 Å². The van der Waals surface area contributed by atoms with E-state index in [4.69, 9.17) is 5.26 Å². The molecule has 0 spiro atoms. The molecule has 1 atom stereocenters. The third-order valence-electron chi connectivity index (χ3n) is 2.80. The number of nitriles is 1. The number of alkyl halides is 3. The minimum Gasteiger partial charge on any atom is -0.207 e. The van der Waals surface area contributed by atoms with Crippen molar-refractivity contribution in [2.45, 2.75) is 36.9 Å². The normalized spacial score (nSPS) is 15.4. The summed E-state index contributed by atoms with van der Waals surface area (Å²) >= 11 is 0. The Hall–Kier alpha value is -1.59. The van der Waals surface area contributed by atoms with Crippen LogP contribution in [0.2, 0.25) is 0 Å². The van der Waals surface area contributed by atoms with Gasteiger partial charge in [-0.05, 0) is 25.5 Å². The maximum atomic E-state index is 12.8. The van der Waals surface area contributed by atoms with Gasteiger partial charge < -0.3 is 0 Å². The van der Waals surface area contributed by atoms with E-state index < -0.39 is 32.2 Å². The minimum atomic E-state index is -4.79. The molecule has 0 heterocycles. The predicted molar refractivity (Wildman–Crippen MR) is 66.1 cm³/mol. The van der Waals surface area contributed by atoms with Crippen molar-refractivity contribution in [2.75, 3.05) is 0 Å². The largest absolute Gasteiger partial charge is 0.417 e. The summed E-state index contributed by atoms with van der Waals surface area (Å²) in [6.45, 7) is 2.86. The predicted octanol–water partition coefficient (Wildman–Crippen LogP) is 2.68. The van der Waals surface area contributed by atoms with Crippen molar-refractivity contribution in [1.29, 1.82) is 5.26 Å². The molecule has 0 amide bonds. The van der Waals surface area contributed by atoms with E-state index in [1.165, 1.54) is 13.0 Å². The molecule has 0 bridgehead atoms. The summed E-state index contributed by atoms with van der Waals surface area (Å²) in [6.07, 6.45) is -4.67.